The number of carbonyl (C=O) groups is 1. The molecule has 0 saturated carbocycles. The summed E-state index contributed by atoms with van der Waals surface area (Å²) in [7, 11) is -4.19. The number of hydrogen-bond donors (Lipinski definition) is 1. The zero-order chi connectivity index (χ0) is 23.9. The molecule has 0 fully saturated rings. The minimum absolute atomic E-state index is 0.0144. The molecule has 7 heteroatoms. The van der Waals surface area contributed by atoms with Crippen LogP contribution in [0.15, 0.2) is 83.8 Å². The molecule has 0 bridgehead atoms. The summed E-state index contributed by atoms with van der Waals surface area (Å²) < 4.78 is 42.5. The predicted octanol–water partition coefficient (Wildman–Crippen LogP) is 5.22. The van der Waals surface area contributed by atoms with E-state index in [1.165, 1.54) is 47.5 Å². The molecule has 0 heterocycles. The van der Waals surface area contributed by atoms with Gasteiger partial charge in [-0.25, -0.2) is 12.8 Å². The first-order valence-corrected chi connectivity index (χ1v) is 12.5. The lowest BCUT2D eigenvalue weighted by Gasteiger charge is -2.24. The highest BCUT2D eigenvalue weighted by Crippen LogP contribution is 2.35. The maximum atomic E-state index is 14.7. The molecule has 1 aliphatic rings. The fraction of sp³-hybridized carbons (Fsp3) is 0.148. The Bertz CT molecular complexity index is 1500. The molecule has 34 heavy (non-hydrogen) atoms. The number of carbonyl (C=O) groups excluding carboxylic acids is 1. The zero-order valence-corrected chi connectivity index (χ0v) is 19.4. The van der Waals surface area contributed by atoms with E-state index in [1.807, 2.05) is 31.2 Å². The van der Waals surface area contributed by atoms with Crippen molar-refractivity contribution in [2.24, 2.45) is 0 Å². The van der Waals surface area contributed by atoms with E-state index in [0.29, 0.717) is 5.69 Å². The van der Waals surface area contributed by atoms with Gasteiger partial charge in [0.05, 0.1) is 10.6 Å². The molecule has 1 aliphatic carbocycles. The number of hydrogen-bond acceptors (Lipinski definition) is 3. The van der Waals surface area contributed by atoms with E-state index < -0.39 is 28.3 Å². The maximum Gasteiger partial charge on any atom is 0.264 e. The number of amides is 1. The third kappa shape index (κ3) is 3.92. The summed E-state index contributed by atoms with van der Waals surface area (Å²) in [5.41, 5.74) is 3.78. The molecular weight excluding hydrogens is 451 g/mol. The van der Waals surface area contributed by atoms with Crippen LogP contribution in [0.5, 0.6) is 0 Å². The van der Waals surface area contributed by atoms with Crippen LogP contribution in [0.25, 0.3) is 10.8 Å². The first-order valence-electron chi connectivity index (χ1n) is 11.0. The van der Waals surface area contributed by atoms with Gasteiger partial charge in [0.1, 0.15) is 12.4 Å². The highest BCUT2D eigenvalue weighted by molar-refractivity contribution is 7.92. The van der Waals surface area contributed by atoms with Crippen molar-refractivity contribution in [1.82, 2.24) is 0 Å². The highest BCUT2D eigenvalue weighted by atomic mass is 32.2. The second-order valence-corrected chi connectivity index (χ2v) is 10.3. The Morgan fingerprint density at radius 1 is 0.912 bits per heavy atom. The second-order valence-electron chi connectivity index (χ2n) is 8.44. The van der Waals surface area contributed by atoms with Gasteiger partial charge in [0.25, 0.3) is 10.0 Å². The number of sulfonamides is 1. The van der Waals surface area contributed by atoms with Crippen molar-refractivity contribution in [3.05, 3.63) is 101 Å². The first kappa shape index (κ1) is 22.1. The van der Waals surface area contributed by atoms with Gasteiger partial charge >= 0.3 is 0 Å². The second kappa shape index (κ2) is 8.57. The van der Waals surface area contributed by atoms with Crippen LogP contribution in [-0.2, 0) is 27.7 Å². The Kier molecular flexibility index (Phi) is 5.57. The van der Waals surface area contributed by atoms with Gasteiger partial charge in [-0.2, -0.15) is 0 Å². The summed E-state index contributed by atoms with van der Waals surface area (Å²) in [5.74, 6) is -1.28. The fourth-order valence-corrected chi connectivity index (χ4v) is 5.90. The van der Waals surface area contributed by atoms with Gasteiger partial charge in [-0.3, -0.25) is 9.10 Å². The van der Waals surface area contributed by atoms with Gasteiger partial charge in [-0.15, -0.1) is 0 Å². The largest absolute Gasteiger partial charge is 0.324 e. The molecule has 172 valence electrons. The molecule has 0 unspecified atom stereocenters. The van der Waals surface area contributed by atoms with Crippen LogP contribution in [-0.4, -0.2) is 20.9 Å². The molecule has 4 aromatic rings. The number of nitrogens with one attached hydrogen (secondary N) is 1. The number of aryl methyl sites for hydroxylation is 3. The monoisotopic (exact) mass is 474 g/mol. The molecule has 5 nitrogen and oxygen atoms in total. The molecule has 0 aliphatic heterocycles. The smallest absolute Gasteiger partial charge is 0.264 e. The zero-order valence-electron chi connectivity index (χ0n) is 18.6. The molecule has 1 amide bonds. The third-order valence-corrected chi connectivity index (χ3v) is 7.94. The van der Waals surface area contributed by atoms with Gasteiger partial charge in [-0.1, -0.05) is 54.1 Å². The van der Waals surface area contributed by atoms with Gasteiger partial charge < -0.3 is 5.32 Å². The van der Waals surface area contributed by atoms with E-state index in [-0.39, 0.29) is 10.6 Å². The topological polar surface area (TPSA) is 66.5 Å². The lowest BCUT2D eigenvalue weighted by molar-refractivity contribution is -0.114. The Balaban J connectivity index is 1.50. The number of halogens is 1. The summed E-state index contributed by atoms with van der Waals surface area (Å²) in [4.78, 5) is 13.1. The van der Waals surface area contributed by atoms with Gasteiger partial charge in [0, 0.05) is 11.1 Å². The highest BCUT2D eigenvalue weighted by Gasteiger charge is 2.29. The third-order valence-electron chi connectivity index (χ3n) is 6.17. The minimum atomic E-state index is -4.19. The fourth-order valence-electron chi connectivity index (χ4n) is 4.47. The van der Waals surface area contributed by atoms with Crippen LogP contribution in [0.4, 0.5) is 15.8 Å². The summed E-state index contributed by atoms with van der Waals surface area (Å²) in [6, 6.07) is 21.6. The lowest BCUT2D eigenvalue weighted by atomic mass is 10.0. The summed E-state index contributed by atoms with van der Waals surface area (Å²) >= 11 is 0. The van der Waals surface area contributed by atoms with Gasteiger partial charge in [-0.05, 0) is 66.6 Å². The maximum absolute atomic E-state index is 14.7. The Morgan fingerprint density at radius 2 is 1.62 bits per heavy atom. The van der Waals surface area contributed by atoms with Crippen molar-refractivity contribution in [1.29, 1.82) is 0 Å². The molecule has 5 rings (SSSR count). The normalized spacial score (nSPS) is 12.6. The first-order chi connectivity index (χ1) is 16.3. The number of benzene rings is 4. The van der Waals surface area contributed by atoms with Crippen LogP contribution in [0, 0.1) is 12.7 Å². The van der Waals surface area contributed by atoms with Crippen LogP contribution < -0.4 is 9.62 Å². The van der Waals surface area contributed by atoms with Gasteiger partial charge in [0.2, 0.25) is 5.91 Å². The predicted molar refractivity (Wildman–Crippen MR) is 132 cm³/mol. The molecule has 1 N–H and O–H groups in total. The van der Waals surface area contributed by atoms with Crippen molar-refractivity contribution in [2.75, 3.05) is 16.2 Å². The van der Waals surface area contributed by atoms with E-state index in [9.17, 15) is 17.6 Å². The van der Waals surface area contributed by atoms with E-state index in [2.05, 4.69) is 11.4 Å². The van der Waals surface area contributed by atoms with Crippen molar-refractivity contribution < 1.29 is 17.6 Å². The van der Waals surface area contributed by atoms with Crippen LogP contribution in [0.1, 0.15) is 16.7 Å². The van der Waals surface area contributed by atoms with E-state index in [4.69, 9.17) is 0 Å². The van der Waals surface area contributed by atoms with Crippen molar-refractivity contribution in [2.45, 2.75) is 24.7 Å². The van der Waals surface area contributed by atoms with Crippen molar-refractivity contribution in [3.63, 3.8) is 0 Å². The van der Waals surface area contributed by atoms with Gasteiger partial charge in [0.15, 0.2) is 0 Å². The SMILES string of the molecule is Cc1ccc(S(=O)(=O)N(CC(=O)Nc2ccc3c4c(cccc24)CC3)c2ccccc2F)cc1. The van der Waals surface area contributed by atoms with E-state index >= 15 is 0 Å². The average molecular weight is 475 g/mol. The quantitative estimate of drug-likeness (QED) is 0.417. The number of nitrogens with zero attached hydrogens (tertiary/aromatic N) is 1. The number of anilines is 2. The van der Waals surface area contributed by atoms with Crippen LogP contribution in [0.2, 0.25) is 0 Å². The van der Waals surface area contributed by atoms with E-state index in [0.717, 1.165) is 33.5 Å². The van der Waals surface area contributed by atoms with E-state index in [1.54, 1.807) is 12.1 Å². The average Bonchev–Trinajstić information content (AvgIpc) is 3.25. The Hall–Kier alpha value is -3.71. The molecule has 0 aromatic heterocycles. The standard InChI is InChI=1S/C27H23FN2O3S/c1-18-9-14-21(15-10-18)34(32,33)30(25-8-3-2-7-23(25)28)17-26(31)29-24-16-13-20-12-11-19-5-4-6-22(24)27(19)20/h2-10,13-16H,11-12,17H2,1H3,(H,29,31). The summed E-state index contributed by atoms with van der Waals surface area (Å²) in [6.07, 6.45) is 1.92. The summed E-state index contributed by atoms with van der Waals surface area (Å²) in [6.45, 7) is 1.27. The number of para-hydroxylation sites is 1. The molecule has 0 atom stereocenters. The minimum Gasteiger partial charge on any atom is -0.324 e. The molecule has 0 radical (unpaired) electrons. The molecular formula is C27H23FN2O3S. The van der Waals surface area contributed by atoms with Crippen molar-refractivity contribution in [3.8, 4) is 0 Å². The molecule has 0 spiro atoms. The van der Waals surface area contributed by atoms with Crippen LogP contribution in [0.3, 0.4) is 0 Å². The van der Waals surface area contributed by atoms with Crippen molar-refractivity contribution >= 4 is 38.1 Å². The lowest BCUT2D eigenvalue weighted by Crippen LogP contribution is -2.38. The number of rotatable bonds is 6. The van der Waals surface area contributed by atoms with Crippen LogP contribution >= 0.6 is 0 Å². The molecule has 0 saturated heterocycles. The molecule has 4 aromatic carbocycles. The Labute approximate surface area is 197 Å². The Morgan fingerprint density at radius 3 is 2.35 bits per heavy atom. The summed E-state index contributed by atoms with van der Waals surface area (Å²) in [5, 5.41) is 4.91.